The molecule has 2 aromatic heterocycles. The van der Waals surface area contributed by atoms with Gasteiger partial charge in [0.1, 0.15) is 17.7 Å². The molecule has 0 bridgehead atoms. The fraction of sp³-hybridized carbons (Fsp3) is 0.684. The van der Waals surface area contributed by atoms with Crippen molar-refractivity contribution < 1.29 is 9.53 Å². The average Bonchev–Trinajstić information content (AvgIpc) is 3.23. The maximum absolute atomic E-state index is 12.4. The van der Waals surface area contributed by atoms with Gasteiger partial charge in [-0.15, -0.1) is 0 Å². The summed E-state index contributed by atoms with van der Waals surface area (Å²) in [5.74, 6) is 1.45. The van der Waals surface area contributed by atoms with Gasteiger partial charge in [0.15, 0.2) is 5.65 Å². The number of carbonyl (C=O) groups is 1. The van der Waals surface area contributed by atoms with E-state index in [9.17, 15) is 4.79 Å². The average molecular weight is 372 g/mol. The van der Waals surface area contributed by atoms with Crippen molar-refractivity contribution in [1.82, 2.24) is 24.6 Å². The van der Waals surface area contributed by atoms with Crippen LogP contribution in [0.1, 0.15) is 52.3 Å². The number of likely N-dealkylation sites (tertiary alicyclic amines) is 1. The van der Waals surface area contributed by atoms with Crippen LogP contribution in [0.3, 0.4) is 0 Å². The summed E-state index contributed by atoms with van der Waals surface area (Å²) < 4.78 is 7.57. The summed E-state index contributed by atoms with van der Waals surface area (Å²) in [6, 6.07) is 0.290. The van der Waals surface area contributed by atoms with Crippen molar-refractivity contribution in [2.75, 3.05) is 18.8 Å². The smallest absolute Gasteiger partial charge is 0.410 e. The normalized spacial score (nSPS) is 25.2. The number of hydrogen-bond acceptors (Lipinski definition) is 6. The molecule has 4 rings (SSSR count). The number of hydrogen-bond donors (Lipinski definition) is 1. The Balaban J connectivity index is 1.51. The van der Waals surface area contributed by atoms with E-state index in [-0.39, 0.29) is 12.1 Å². The van der Waals surface area contributed by atoms with Gasteiger partial charge in [0, 0.05) is 13.1 Å². The van der Waals surface area contributed by atoms with E-state index < -0.39 is 5.60 Å². The Morgan fingerprint density at radius 3 is 2.52 bits per heavy atom. The van der Waals surface area contributed by atoms with E-state index in [2.05, 4.69) is 16.9 Å². The molecular weight excluding hydrogens is 344 g/mol. The maximum Gasteiger partial charge on any atom is 0.410 e. The van der Waals surface area contributed by atoms with Crippen LogP contribution >= 0.6 is 0 Å². The molecule has 2 aromatic rings. The molecule has 1 aliphatic heterocycles. The largest absolute Gasteiger partial charge is 0.444 e. The number of nitrogen functional groups attached to an aromatic ring is 1. The van der Waals surface area contributed by atoms with Gasteiger partial charge in [-0.3, -0.25) is 0 Å². The summed E-state index contributed by atoms with van der Waals surface area (Å²) in [6.45, 7) is 9.29. The first-order valence-electron chi connectivity index (χ1n) is 9.72. The number of aryl methyl sites for hydroxylation is 1. The van der Waals surface area contributed by atoms with Crippen molar-refractivity contribution in [3.05, 3.63) is 12.0 Å². The van der Waals surface area contributed by atoms with Crippen molar-refractivity contribution in [2.24, 2.45) is 11.8 Å². The molecule has 1 saturated heterocycles. The zero-order valence-electron chi connectivity index (χ0n) is 16.5. The third kappa shape index (κ3) is 3.21. The van der Waals surface area contributed by atoms with Gasteiger partial charge >= 0.3 is 6.09 Å². The van der Waals surface area contributed by atoms with Crippen LogP contribution in [0.5, 0.6) is 0 Å². The molecule has 0 spiro atoms. The lowest BCUT2D eigenvalue weighted by Crippen LogP contribution is -2.36. The van der Waals surface area contributed by atoms with E-state index in [1.54, 1.807) is 0 Å². The molecule has 1 amide bonds. The number of carbonyl (C=O) groups excluding carboxylic acids is 1. The van der Waals surface area contributed by atoms with E-state index >= 15 is 0 Å². The second kappa shape index (κ2) is 6.35. The summed E-state index contributed by atoms with van der Waals surface area (Å²) in [6.07, 6.45) is 4.09. The highest BCUT2D eigenvalue weighted by atomic mass is 16.6. The van der Waals surface area contributed by atoms with Crippen LogP contribution in [0.15, 0.2) is 6.33 Å². The van der Waals surface area contributed by atoms with Crippen LogP contribution in [0.4, 0.5) is 10.6 Å². The SMILES string of the molecule is CCc1nn(C2CC3CN(C(=O)OC(C)(C)C)CC3C2)c2ncnc(N)c12. The molecular formula is C19H28N6O2. The molecule has 1 aliphatic carbocycles. The first kappa shape index (κ1) is 18.0. The van der Waals surface area contributed by atoms with Crippen LogP contribution in [0.2, 0.25) is 0 Å². The van der Waals surface area contributed by atoms with Crippen molar-refractivity contribution >= 4 is 22.9 Å². The van der Waals surface area contributed by atoms with Gasteiger partial charge in [0.2, 0.25) is 0 Å². The summed E-state index contributed by atoms with van der Waals surface area (Å²) in [5, 5.41) is 5.69. The van der Waals surface area contributed by atoms with E-state index in [4.69, 9.17) is 15.6 Å². The second-order valence-electron chi connectivity index (χ2n) is 8.73. The minimum Gasteiger partial charge on any atom is -0.444 e. The van der Waals surface area contributed by atoms with Crippen molar-refractivity contribution in [1.29, 1.82) is 0 Å². The monoisotopic (exact) mass is 372 g/mol. The van der Waals surface area contributed by atoms with Gasteiger partial charge in [-0.2, -0.15) is 5.10 Å². The Labute approximate surface area is 159 Å². The Morgan fingerprint density at radius 2 is 1.93 bits per heavy atom. The minimum atomic E-state index is -0.457. The van der Waals surface area contributed by atoms with E-state index in [1.807, 2.05) is 30.4 Å². The van der Waals surface area contributed by atoms with Crippen LogP contribution in [0.25, 0.3) is 11.0 Å². The molecule has 27 heavy (non-hydrogen) atoms. The number of anilines is 1. The van der Waals surface area contributed by atoms with Gasteiger partial charge < -0.3 is 15.4 Å². The molecule has 146 valence electrons. The first-order valence-corrected chi connectivity index (χ1v) is 9.72. The number of aromatic nitrogens is 4. The molecule has 1 saturated carbocycles. The highest BCUT2D eigenvalue weighted by Gasteiger charge is 2.44. The maximum atomic E-state index is 12.4. The molecule has 2 atom stereocenters. The van der Waals surface area contributed by atoms with Gasteiger partial charge in [0.25, 0.3) is 0 Å². The molecule has 8 nitrogen and oxygen atoms in total. The molecule has 8 heteroatoms. The highest BCUT2D eigenvalue weighted by molar-refractivity contribution is 5.88. The predicted molar refractivity (Wildman–Crippen MR) is 102 cm³/mol. The lowest BCUT2D eigenvalue weighted by atomic mass is 10.0. The van der Waals surface area contributed by atoms with Crippen LogP contribution < -0.4 is 5.73 Å². The molecule has 2 fully saturated rings. The number of amides is 1. The fourth-order valence-corrected chi connectivity index (χ4v) is 4.51. The summed E-state index contributed by atoms with van der Waals surface area (Å²) in [5.41, 5.74) is 7.40. The quantitative estimate of drug-likeness (QED) is 0.870. The topological polar surface area (TPSA) is 99.2 Å². The van der Waals surface area contributed by atoms with Crippen LogP contribution in [-0.4, -0.2) is 49.4 Å². The lowest BCUT2D eigenvalue weighted by molar-refractivity contribution is 0.0278. The van der Waals surface area contributed by atoms with E-state index in [1.165, 1.54) is 6.33 Å². The number of rotatable bonds is 2. The molecule has 2 aliphatic rings. The minimum absolute atomic E-state index is 0.202. The summed E-state index contributed by atoms with van der Waals surface area (Å²) in [4.78, 5) is 22.8. The lowest BCUT2D eigenvalue weighted by Gasteiger charge is -2.25. The van der Waals surface area contributed by atoms with Gasteiger partial charge in [-0.05, 0) is 51.9 Å². The Hall–Kier alpha value is -2.38. The Kier molecular flexibility index (Phi) is 4.24. The molecule has 0 aromatic carbocycles. The fourth-order valence-electron chi connectivity index (χ4n) is 4.51. The number of nitrogens with two attached hydrogens (primary N) is 1. The summed E-state index contributed by atoms with van der Waals surface area (Å²) in [7, 11) is 0. The van der Waals surface area contributed by atoms with Gasteiger partial charge in [-0.1, -0.05) is 6.92 Å². The number of ether oxygens (including phenoxy) is 1. The second-order valence-corrected chi connectivity index (χ2v) is 8.73. The van der Waals surface area contributed by atoms with Crippen molar-refractivity contribution in [3.63, 3.8) is 0 Å². The van der Waals surface area contributed by atoms with Crippen molar-refractivity contribution in [2.45, 2.75) is 58.6 Å². The third-order valence-corrected chi connectivity index (χ3v) is 5.65. The van der Waals surface area contributed by atoms with E-state index in [0.717, 1.165) is 49.1 Å². The predicted octanol–water partition coefficient (Wildman–Crippen LogP) is 2.79. The van der Waals surface area contributed by atoms with Crippen molar-refractivity contribution in [3.8, 4) is 0 Å². The van der Waals surface area contributed by atoms with Gasteiger partial charge in [0.05, 0.1) is 17.1 Å². The van der Waals surface area contributed by atoms with E-state index in [0.29, 0.717) is 17.7 Å². The Bertz CT molecular complexity index is 857. The van der Waals surface area contributed by atoms with Gasteiger partial charge in [-0.25, -0.2) is 19.4 Å². The zero-order valence-corrected chi connectivity index (χ0v) is 16.5. The molecule has 2 N–H and O–H groups in total. The highest BCUT2D eigenvalue weighted by Crippen LogP contribution is 2.45. The zero-order chi connectivity index (χ0) is 19.3. The molecule has 3 heterocycles. The first-order chi connectivity index (χ1) is 12.8. The molecule has 2 unspecified atom stereocenters. The standard InChI is InChI=1S/C19H28N6O2/c1-5-14-15-16(20)21-10-22-17(15)25(23-14)13-6-11-8-24(9-12(11)7-13)18(26)27-19(2,3)4/h10-13H,5-9H2,1-4H3,(H2,20,21,22). The van der Waals surface area contributed by atoms with Crippen LogP contribution in [-0.2, 0) is 11.2 Å². The number of fused-ring (bicyclic) bond motifs is 2. The third-order valence-electron chi connectivity index (χ3n) is 5.65. The van der Waals surface area contributed by atoms with Crippen LogP contribution in [0, 0.1) is 11.8 Å². The Morgan fingerprint density at radius 1 is 1.26 bits per heavy atom. The molecule has 0 radical (unpaired) electrons. The summed E-state index contributed by atoms with van der Waals surface area (Å²) >= 11 is 0. The number of nitrogens with zero attached hydrogens (tertiary/aromatic N) is 5.